The highest BCUT2D eigenvalue weighted by Gasteiger charge is 2.09. The van der Waals surface area contributed by atoms with Gasteiger partial charge in [-0.2, -0.15) is 0 Å². The number of carbonyl (C=O) groups is 1. The number of H-pyrrole nitrogens is 1. The van der Waals surface area contributed by atoms with Gasteiger partial charge in [0.05, 0.1) is 11.9 Å². The maximum Gasteiger partial charge on any atom is 0.307 e. The largest absolute Gasteiger partial charge is 0.481 e. The van der Waals surface area contributed by atoms with E-state index in [1.165, 1.54) is 6.07 Å². The maximum atomic E-state index is 11.5. The van der Waals surface area contributed by atoms with Gasteiger partial charge < -0.3 is 10.1 Å². The minimum atomic E-state index is -0.935. The van der Waals surface area contributed by atoms with Gasteiger partial charge in [0.2, 0.25) is 5.56 Å². The molecule has 0 aliphatic heterocycles. The Morgan fingerprint density at radius 1 is 1.35 bits per heavy atom. The molecule has 4 nitrogen and oxygen atoms in total. The van der Waals surface area contributed by atoms with Crippen LogP contribution in [0, 0.1) is 13.8 Å². The molecule has 1 heterocycles. The van der Waals surface area contributed by atoms with Crippen molar-refractivity contribution in [2.24, 2.45) is 0 Å². The fourth-order valence-electron chi connectivity index (χ4n) is 1.95. The normalized spacial score (nSPS) is 10.7. The molecule has 1 aromatic heterocycles. The fraction of sp³-hybridized carbons (Fsp3) is 0.231. The average Bonchev–Trinajstić information content (AvgIpc) is 2.23. The summed E-state index contributed by atoms with van der Waals surface area (Å²) in [5.41, 5.74) is 3.07. The van der Waals surface area contributed by atoms with Crippen LogP contribution in [0.1, 0.15) is 16.7 Å². The molecule has 0 unspecified atom stereocenters. The highest BCUT2D eigenvalue weighted by molar-refractivity contribution is 5.88. The Kier molecular flexibility index (Phi) is 2.71. The van der Waals surface area contributed by atoms with Gasteiger partial charge in [0.15, 0.2) is 0 Å². The molecule has 0 saturated heterocycles. The summed E-state index contributed by atoms with van der Waals surface area (Å²) in [6.45, 7) is 3.87. The second-order valence-electron chi connectivity index (χ2n) is 4.16. The molecule has 0 bridgehead atoms. The van der Waals surface area contributed by atoms with Crippen LogP contribution < -0.4 is 5.56 Å². The zero-order valence-corrected chi connectivity index (χ0v) is 9.70. The molecular formula is C13H13NO3. The number of aliphatic carboxylic acids is 1. The van der Waals surface area contributed by atoms with Crippen LogP contribution in [-0.2, 0) is 11.2 Å². The van der Waals surface area contributed by atoms with E-state index in [9.17, 15) is 9.59 Å². The zero-order valence-electron chi connectivity index (χ0n) is 9.70. The Morgan fingerprint density at radius 3 is 2.71 bits per heavy atom. The van der Waals surface area contributed by atoms with Crippen molar-refractivity contribution < 1.29 is 9.90 Å². The Bertz CT molecular complexity index is 655. The molecule has 0 atom stereocenters. The van der Waals surface area contributed by atoms with Crippen molar-refractivity contribution in [3.8, 4) is 0 Å². The van der Waals surface area contributed by atoms with Gasteiger partial charge in [-0.15, -0.1) is 0 Å². The topological polar surface area (TPSA) is 70.2 Å². The van der Waals surface area contributed by atoms with Gasteiger partial charge in [-0.3, -0.25) is 9.59 Å². The van der Waals surface area contributed by atoms with E-state index in [2.05, 4.69) is 4.98 Å². The molecule has 2 N–H and O–H groups in total. The third-order valence-electron chi connectivity index (χ3n) is 2.98. The predicted octanol–water partition coefficient (Wildman–Crippen LogP) is 1.77. The van der Waals surface area contributed by atoms with Crippen molar-refractivity contribution in [3.05, 3.63) is 45.2 Å². The molecule has 0 fully saturated rings. The van der Waals surface area contributed by atoms with Crippen LogP contribution in [0.15, 0.2) is 23.0 Å². The summed E-state index contributed by atoms with van der Waals surface area (Å²) in [4.78, 5) is 25.0. The van der Waals surface area contributed by atoms with E-state index in [0.717, 1.165) is 22.0 Å². The molecule has 0 radical (unpaired) electrons. The minimum Gasteiger partial charge on any atom is -0.481 e. The lowest BCUT2D eigenvalue weighted by molar-refractivity contribution is -0.136. The molecule has 2 rings (SSSR count). The lowest BCUT2D eigenvalue weighted by Gasteiger charge is -2.08. The molecule has 0 aliphatic rings. The van der Waals surface area contributed by atoms with E-state index in [4.69, 9.17) is 5.11 Å². The van der Waals surface area contributed by atoms with Crippen LogP contribution in [0.3, 0.4) is 0 Å². The summed E-state index contributed by atoms with van der Waals surface area (Å²) in [6.07, 6.45) is -0.136. The smallest absolute Gasteiger partial charge is 0.307 e. The first-order valence-corrected chi connectivity index (χ1v) is 5.33. The number of aromatic nitrogens is 1. The fourth-order valence-corrected chi connectivity index (χ4v) is 1.95. The molecule has 4 heteroatoms. The van der Waals surface area contributed by atoms with E-state index in [-0.39, 0.29) is 12.0 Å². The zero-order chi connectivity index (χ0) is 12.6. The van der Waals surface area contributed by atoms with Gasteiger partial charge >= 0.3 is 5.97 Å². The average molecular weight is 231 g/mol. The van der Waals surface area contributed by atoms with E-state index in [1.807, 2.05) is 26.0 Å². The van der Waals surface area contributed by atoms with Gasteiger partial charge in [0.1, 0.15) is 0 Å². The van der Waals surface area contributed by atoms with E-state index >= 15 is 0 Å². The molecule has 1 aromatic carbocycles. The summed E-state index contributed by atoms with van der Waals surface area (Å²) in [5, 5.41) is 9.63. The molecular weight excluding hydrogens is 218 g/mol. The number of carboxylic acid groups (broad SMARTS) is 1. The Hall–Kier alpha value is -2.10. The van der Waals surface area contributed by atoms with Gasteiger partial charge in [-0.25, -0.2) is 0 Å². The third-order valence-corrected chi connectivity index (χ3v) is 2.98. The van der Waals surface area contributed by atoms with Crippen molar-refractivity contribution in [2.75, 3.05) is 0 Å². The number of carboxylic acids is 1. The van der Waals surface area contributed by atoms with Crippen molar-refractivity contribution in [1.29, 1.82) is 0 Å². The second kappa shape index (κ2) is 4.05. The summed E-state index contributed by atoms with van der Waals surface area (Å²) < 4.78 is 0. The lowest BCUT2D eigenvalue weighted by Crippen LogP contribution is -2.10. The van der Waals surface area contributed by atoms with Crippen LogP contribution in [-0.4, -0.2) is 16.1 Å². The van der Waals surface area contributed by atoms with E-state index < -0.39 is 5.97 Å². The monoisotopic (exact) mass is 231 g/mol. The molecule has 0 aliphatic carbocycles. The number of hydrogen-bond acceptors (Lipinski definition) is 2. The van der Waals surface area contributed by atoms with E-state index in [0.29, 0.717) is 5.56 Å². The standard InChI is InChI=1S/C13H13NO3/c1-7-3-4-10-9(6-12(16)17)5-11(15)14-13(10)8(7)2/h3-5H,6H2,1-2H3,(H,14,15)(H,16,17). The molecule has 0 spiro atoms. The van der Waals surface area contributed by atoms with Gasteiger partial charge in [-0.1, -0.05) is 12.1 Å². The molecule has 0 saturated carbocycles. The molecule has 17 heavy (non-hydrogen) atoms. The number of aryl methyl sites for hydroxylation is 2. The number of rotatable bonds is 2. The van der Waals surface area contributed by atoms with Gasteiger partial charge in [0.25, 0.3) is 0 Å². The summed E-state index contributed by atoms with van der Waals surface area (Å²) in [5.74, 6) is -0.935. The number of pyridine rings is 1. The number of nitrogens with one attached hydrogen (secondary N) is 1. The SMILES string of the molecule is Cc1ccc2c(CC(=O)O)cc(=O)[nH]c2c1C. The first-order chi connectivity index (χ1) is 7.99. The Labute approximate surface area is 97.9 Å². The quantitative estimate of drug-likeness (QED) is 0.827. The van der Waals surface area contributed by atoms with Crippen molar-refractivity contribution in [3.63, 3.8) is 0 Å². The van der Waals surface area contributed by atoms with Crippen LogP contribution in [0.2, 0.25) is 0 Å². The number of hydrogen-bond donors (Lipinski definition) is 2. The molecule has 0 amide bonds. The van der Waals surface area contributed by atoms with Crippen LogP contribution in [0.4, 0.5) is 0 Å². The molecule has 2 aromatic rings. The summed E-state index contributed by atoms with van der Waals surface area (Å²) in [6, 6.07) is 5.14. The number of fused-ring (bicyclic) bond motifs is 1. The number of benzene rings is 1. The van der Waals surface area contributed by atoms with Crippen molar-refractivity contribution in [1.82, 2.24) is 4.98 Å². The van der Waals surface area contributed by atoms with Crippen LogP contribution >= 0.6 is 0 Å². The van der Waals surface area contributed by atoms with Gasteiger partial charge in [0, 0.05) is 11.5 Å². The minimum absolute atomic E-state index is 0.136. The first-order valence-electron chi connectivity index (χ1n) is 5.33. The highest BCUT2D eigenvalue weighted by Crippen LogP contribution is 2.21. The molecule has 88 valence electrons. The number of aromatic amines is 1. The van der Waals surface area contributed by atoms with Crippen LogP contribution in [0.5, 0.6) is 0 Å². The van der Waals surface area contributed by atoms with E-state index in [1.54, 1.807) is 0 Å². The highest BCUT2D eigenvalue weighted by atomic mass is 16.4. The summed E-state index contributed by atoms with van der Waals surface area (Å²) >= 11 is 0. The predicted molar refractivity (Wildman–Crippen MR) is 65.4 cm³/mol. The lowest BCUT2D eigenvalue weighted by atomic mass is 10.0. The maximum absolute atomic E-state index is 11.5. The Morgan fingerprint density at radius 2 is 2.06 bits per heavy atom. The third kappa shape index (κ3) is 2.06. The Balaban J connectivity index is 2.81. The van der Waals surface area contributed by atoms with Gasteiger partial charge in [-0.05, 0) is 30.5 Å². The second-order valence-corrected chi connectivity index (χ2v) is 4.16. The van der Waals surface area contributed by atoms with Crippen LogP contribution in [0.25, 0.3) is 10.9 Å². The summed E-state index contributed by atoms with van der Waals surface area (Å²) in [7, 11) is 0. The van der Waals surface area contributed by atoms with Crippen molar-refractivity contribution in [2.45, 2.75) is 20.3 Å². The van der Waals surface area contributed by atoms with Crippen molar-refractivity contribution >= 4 is 16.9 Å². The first kappa shape index (κ1) is 11.4.